The zero-order valence-electron chi connectivity index (χ0n) is 11.0. The van der Waals surface area contributed by atoms with Gasteiger partial charge in [0.15, 0.2) is 0 Å². The smallest absolute Gasteiger partial charge is 0.248 e. The molecule has 1 unspecified atom stereocenters. The van der Waals surface area contributed by atoms with Crippen LogP contribution in [-0.2, 0) is 9.53 Å². The second kappa shape index (κ2) is 7.89. The second-order valence-electron chi connectivity index (χ2n) is 4.22. The Hall–Kier alpha value is -1.30. The zero-order valence-corrected chi connectivity index (χ0v) is 11.0. The van der Waals surface area contributed by atoms with Gasteiger partial charge in [-0.3, -0.25) is 4.79 Å². The number of rotatable bonds is 7. The van der Waals surface area contributed by atoms with E-state index < -0.39 is 0 Å². The number of carbonyl (C=O) groups is 1. The van der Waals surface area contributed by atoms with Gasteiger partial charge in [0.05, 0.1) is 6.10 Å². The van der Waals surface area contributed by atoms with Crippen molar-refractivity contribution >= 4 is 11.7 Å². The summed E-state index contributed by atoms with van der Waals surface area (Å²) in [6.45, 7) is 8.50. The van der Waals surface area contributed by atoms with Crippen LogP contribution in [0.4, 0.5) is 0 Å². The lowest BCUT2D eigenvalue weighted by atomic mass is 10.1. The highest BCUT2D eigenvalue weighted by molar-refractivity contribution is 5.83. The quantitative estimate of drug-likeness (QED) is 0.298. The molecule has 0 bridgehead atoms. The number of ether oxygens (including phenoxy) is 1. The van der Waals surface area contributed by atoms with Gasteiger partial charge in [-0.2, -0.15) is 0 Å². The van der Waals surface area contributed by atoms with Crippen molar-refractivity contribution < 1.29 is 14.7 Å². The molecule has 0 fully saturated rings. The average molecular weight is 245 g/mol. The molecule has 0 spiro atoms. The van der Waals surface area contributed by atoms with Crippen molar-refractivity contribution in [3.8, 4) is 0 Å². The Morgan fingerprint density at radius 3 is 2.47 bits per heavy atom. The first-order valence-corrected chi connectivity index (χ1v) is 5.79. The summed E-state index contributed by atoms with van der Waals surface area (Å²) in [6.07, 6.45) is 0.0270. The number of nitrogens with zero attached hydrogens (tertiary/aromatic N) is 2. The molecule has 0 aromatic heterocycles. The summed E-state index contributed by atoms with van der Waals surface area (Å²) in [5, 5.41) is 11.5. The van der Waals surface area contributed by atoms with Crippen LogP contribution in [0.3, 0.4) is 0 Å². The SMILES string of the molecule is CCN(CC(C)C(N)=NO)C(=O)COC(C)C. The van der Waals surface area contributed by atoms with Crippen molar-refractivity contribution in [2.24, 2.45) is 16.8 Å². The molecule has 0 aliphatic carbocycles. The van der Waals surface area contributed by atoms with Crippen LogP contribution in [0.25, 0.3) is 0 Å². The molecule has 0 aliphatic heterocycles. The van der Waals surface area contributed by atoms with Gasteiger partial charge in [-0.25, -0.2) is 0 Å². The van der Waals surface area contributed by atoms with E-state index in [1.165, 1.54) is 0 Å². The third-order valence-corrected chi connectivity index (χ3v) is 2.39. The van der Waals surface area contributed by atoms with Gasteiger partial charge in [-0.15, -0.1) is 0 Å². The predicted molar refractivity (Wildman–Crippen MR) is 65.9 cm³/mol. The molecule has 100 valence electrons. The summed E-state index contributed by atoms with van der Waals surface area (Å²) >= 11 is 0. The first-order valence-electron chi connectivity index (χ1n) is 5.79. The van der Waals surface area contributed by atoms with Crippen LogP contribution >= 0.6 is 0 Å². The van der Waals surface area contributed by atoms with E-state index >= 15 is 0 Å². The van der Waals surface area contributed by atoms with E-state index in [1.807, 2.05) is 20.8 Å². The average Bonchev–Trinajstić information content (AvgIpc) is 2.31. The molecule has 0 saturated heterocycles. The fraction of sp³-hybridized carbons (Fsp3) is 0.818. The molecule has 0 heterocycles. The minimum Gasteiger partial charge on any atom is -0.409 e. The highest BCUT2D eigenvalue weighted by Gasteiger charge is 2.17. The van der Waals surface area contributed by atoms with E-state index in [4.69, 9.17) is 15.7 Å². The number of carbonyl (C=O) groups excluding carboxylic acids is 1. The van der Waals surface area contributed by atoms with Crippen LogP contribution in [0, 0.1) is 5.92 Å². The Labute approximate surface area is 102 Å². The molecule has 0 radical (unpaired) electrons. The molecule has 0 aliphatic rings. The molecule has 6 heteroatoms. The molecule has 0 aromatic rings. The summed E-state index contributed by atoms with van der Waals surface area (Å²) < 4.78 is 5.25. The third kappa shape index (κ3) is 6.11. The number of nitrogens with two attached hydrogens (primary N) is 1. The molecular formula is C11H23N3O3. The first-order chi connectivity index (χ1) is 7.92. The zero-order chi connectivity index (χ0) is 13.4. The van der Waals surface area contributed by atoms with E-state index in [0.29, 0.717) is 13.1 Å². The molecule has 0 rings (SSSR count). The maximum Gasteiger partial charge on any atom is 0.248 e. The molecule has 0 aromatic carbocycles. The molecule has 6 nitrogen and oxygen atoms in total. The minimum absolute atomic E-state index is 0.0270. The normalized spacial score (nSPS) is 13.8. The highest BCUT2D eigenvalue weighted by atomic mass is 16.5. The van der Waals surface area contributed by atoms with Gasteiger partial charge in [-0.1, -0.05) is 12.1 Å². The molecule has 3 N–H and O–H groups in total. The Kier molecular flexibility index (Phi) is 7.29. The van der Waals surface area contributed by atoms with Crippen molar-refractivity contribution in [3.05, 3.63) is 0 Å². The standard InChI is InChI=1S/C11H23N3O3/c1-5-14(6-9(4)11(12)13-16)10(15)7-17-8(2)3/h8-9,16H,5-7H2,1-4H3,(H2,12,13). The number of oxime groups is 1. The largest absolute Gasteiger partial charge is 0.409 e. The lowest BCUT2D eigenvalue weighted by molar-refractivity contribution is -0.137. The molecule has 1 amide bonds. The van der Waals surface area contributed by atoms with Crippen molar-refractivity contribution in [1.29, 1.82) is 0 Å². The summed E-state index contributed by atoms with van der Waals surface area (Å²) in [4.78, 5) is 13.4. The van der Waals surface area contributed by atoms with E-state index in [9.17, 15) is 4.79 Å². The summed E-state index contributed by atoms with van der Waals surface area (Å²) in [7, 11) is 0. The Morgan fingerprint density at radius 2 is 2.06 bits per heavy atom. The maximum absolute atomic E-state index is 11.8. The lowest BCUT2D eigenvalue weighted by Gasteiger charge is -2.24. The predicted octanol–water partition coefficient (Wildman–Crippen LogP) is 0.642. The van der Waals surface area contributed by atoms with Gasteiger partial charge in [0.25, 0.3) is 0 Å². The Balaban J connectivity index is 4.27. The summed E-state index contributed by atoms with van der Waals surface area (Å²) in [6, 6.07) is 0. The highest BCUT2D eigenvalue weighted by Crippen LogP contribution is 2.02. The van der Waals surface area contributed by atoms with Crippen LogP contribution < -0.4 is 5.73 Å². The summed E-state index contributed by atoms with van der Waals surface area (Å²) in [5.41, 5.74) is 5.47. The van der Waals surface area contributed by atoms with Gasteiger partial charge in [0.1, 0.15) is 12.4 Å². The third-order valence-electron chi connectivity index (χ3n) is 2.39. The fourth-order valence-corrected chi connectivity index (χ4v) is 1.26. The Bertz CT molecular complexity index is 267. The lowest BCUT2D eigenvalue weighted by Crippen LogP contribution is -2.40. The topological polar surface area (TPSA) is 88.1 Å². The number of amides is 1. The van der Waals surface area contributed by atoms with Crippen molar-refractivity contribution in [3.63, 3.8) is 0 Å². The van der Waals surface area contributed by atoms with Crippen molar-refractivity contribution in [2.45, 2.75) is 33.8 Å². The fourth-order valence-electron chi connectivity index (χ4n) is 1.26. The van der Waals surface area contributed by atoms with Crippen molar-refractivity contribution in [2.75, 3.05) is 19.7 Å². The van der Waals surface area contributed by atoms with Gasteiger partial charge < -0.3 is 20.6 Å². The number of amidine groups is 1. The molecule has 0 saturated carbocycles. The molecule has 17 heavy (non-hydrogen) atoms. The van der Waals surface area contributed by atoms with Gasteiger partial charge in [0.2, 0.25) is 5.91 Å². The van der Waals surface area contributed by atoms with Gasteiger partial charge in [-0.05, 0) is 20.8 Å². The van der Waals surface area contributed by atoms with E-state index in [0.717, 1.165) is 0 Å². The van der Waals surface area contributed by atoms with Crippen molar-refractivity contribution in [1.82, 2.24) is 4.90 Å². The number of hydrogen-bond acceptors (Lipinski definition) is 4. The van der Waals surface area contributed by atoms with Gasteiger partial charge in [0, 0.05) is 19.0 Å². The van der Waals surface area contributed by atoms with Gasteiger partial charge >= 0.3 is 0 Å². The molecular weight excluding hydrogens is 222 g/mol. The molecule has 1 atom stereocenters. The first kappa shape index (κ1) is 15.7. The van der Waals surface area contributed by atoms with Crippen LogP contribution in [0.2, 0.25) is 0 Å². The summed E-state index contributed by atoms with van der Waals surface area (Å²) in [5.74, 6) is -0.136. The van der Waals surface area contributed by atoms with E-state index in [2.05, 4.69) is 5.16 Å². The number of hydrogen-bond donors (Lipinski definition) is 2. The van der Waals surface area contributed by atoms with Crippen LogP contribution in [-0.4, -0.2) is 47.7 Å². The number of likely N-dealkylation sites (N-methyl/N-ethyl adjacent to an activating group) is 1. The second-order valence-corrected chi connectivity index (χ2v) is 4.22. The minimum atomic E-state index is -0.178. The Morgan fingerprint density at radius 1 is 1.47 bits per heavy atom. The monoisotopic (exact) mass is 245 g/mol. The van der Waals surface area contributed by atoms with Crippen LogP contribution in [0.5, 0.6) is 0 Å². The van der Waals surface area contributed by atoms with E-state index in [-0.39, 0.29) is 30.4 Å². The van der Waals surface area contributed by atoms with Crippen LogP contribution in [0.1, 0.15) is 27.7 Å². The maximum atomic E-state index is 11.8. The van der Waals surface area contributed by atoms with Crippen LogP contribution in [0.15, 0.2) is 5.16 Å². The van der Waals surface area contributed by atoms with E-state index in [1.54, 1.807) is 11.8 Å².